The van der Waals surface area contributed by atoms with E-state index in [9.17, 15) is 4.79 Å². The zero-order chi connectivity index (χ0) is 18.0. The van der Waals surface area contributed by atoms with Crippen molar-refractivity contribution >= 4 is 5.91 Å². The van der Waals surface area contributed by atoms with Crippen molar-refractivity contribution in [1.29, 1.82) is 0 Å². The molecule has 6 nitrogen and oxygen atoms in total. The molecule has 3 saturated heterocycles. The number of ether oxygens (including phenoxy) is 2. The highest BCUT2D eigenvalue weighted by Gasteiger charge is 2.51. The van der Waals surface area contributed by atoms with E-state index in [2.05, 4.69) is 21.8 Å². The molecule has 1 amide bonds. The van der Waals surface area contributed by atoms with E-state index in [-0.39, 0.29) is 11.3 Å². The molecule has 1 unspecified atom stereocenters. The summed E-state index contributed by atoms with van der Waals surface area (Å²) in [5.41, 5.74) is 1.14. The molecular weight excluding hydrogens is 330 g/mol. The van der Waals surface area contributed by atoms with Crippen molar-refractivity contribution in [3.8, 4) is 0 Å². The van der Waals surface area contributed by atoms with Crippen molar-refractivity contribution in [2.24, 2.45) is 17.3 Å². The number of hydrogen-bond donors (Lipinski definition) is 0. The van der Waals surface area contributed by atoms with Gasteiger partial charge in [0, 0.05) is 50.3 Å². The molecule has 1 aromatic rings. The largest absolute Gasteiger partial charge is 0.381 e. The van der Waals surface area contributed by atoms with Crippen LogP contribution in [-0.4, -0.2) is 73.7 Å². The molecule has 0 bridgehead atoms. The summed E-state index contributed by atoms with van der Waals surface area (Å²) in [6, 6.07) is 5.91. The monoisotopic (exact) mass is 359 g/mol. The first kappa shape index (κ1) is 17.9. The lowest BCUT2D eigenvalue weighted by Gasteiger charge is -2.30. The Morgan fingerprint density at radius 2 is 2.35 bits per heavy atom. The van der Waals surface area contributed by atoms with Gasteiger partial charge in [-0.3, -0.25) is 9.78 Å². The van der Waals surface area contributed by atoms with E-state index >= 15 is 0 Å². The fraction of sp³-hybridized carbons (Fsp3) is 0.700. The molecule has 3 atom stereocenters. The predicted molar refractivity (Wildman–Crippen MR) is 97.4 cm³/mol. The highest BCUT2D eigenvalue weighted by atomic mass is 16.5. The van der Waals surface area contributed by atoms with Crippen LogP contribution in [0.4, 0.5) is 0 Å². The SMILES string of the molecule is CN1C[C@H](COCc2ccccn2)[C@]2(CCN(C(=O)C3CCOC3)C2)C1. The first-order valence-electron chi connectivity index (χ1n) is 9.69. The maximum Gasteiger partial charge on any atom is 0.228 e. The number of rotatable bonds is 5. The lowest BCUT2D eigenvalue weighted by molar-refractivity contribution is -0.135. The highest BCUT2D eigenvalue weighted by Crippen LogP contribution is 2.44. The smallest absolute Gasteiger partial charge is 0.228 e. The van der Waals surface area contributed by atoms with E-state index in [1.54, 1.807) is 6.20 Å². The van der Waals surface area contributed by atoms with Crippen LogP contribution in [0, 0.1) is 17.3 Å². The Bertz CT molecular complexity index is 620. The van der Waals surface area contributed by atoms with Crippen LogP contribution >= 0.6 is 0 Å². The van der Waals surface area contributed by atoms with E-state index in [4.69, 9.17) is 9.47 Å². The van der Waals surface area contributed by atoms with Crippen molar-refractivity contribution in [3.63, 3.8) is 0 Å². The summed E-state index contributed by atoms with van der Waals surface area (Å²) in [5, 5.41) is 0. The molecule has 142 valence electrons. The van der Waals surface area contributed by atoms with E-state index in [1.807, 2.05) is 18.2 Å². The zero-order valence-corrected chi connectivity index (χ0v) is 15.6. The van der Waals surface area contributed by atoms with Crippen LogP contribution in [-0.2, 0) is 20.9 Å². The molecule has 0 radical (unpaired) electrons. The second-order valence-electron chi connectivity index (χ2n) is 8.16. The minimum Gasteiger partial charge on any atom is -0.381 e. The molecule has 0 saturated carbocycles. The number of hydrogen-bond acceptors (Lipinski definition) is 5. The van der Waals surface area contributed by atoms with Crippen molar-refractivity contribution < 1.29 is 14.3 Å². The van der Waals surface area contributed by atoms with Crippen LogP contribution in [0.3, 0.4) is 0 Å². The molecule has 4 rings (SSSR count). The lowest BCUT2D eigenvalue weighted by atomic mass is 9.77. The highest BCUT2D eigenvalue weighted by molar-refractivity contribution is 5.79. The second kappa shape index (κ2) is 7.62. The maximum atomic E-state index is 12.8. The van der Waals surface area contributed by atoms with E-state index in [0.717, 1.165) is 57.9 Å². The summed E-state index contributed by atoms with van der Waals surface area (Å²) in [7, 11) is 2.18. The van der Waals surface area contributed by atoms with Gasteiger partial charge in [0.2, 0.25) is 5.91 Å². The lowest BCUT2D eigenvalue weighted by Crippen LogP contribution is -2.40. The number of pyridine rings is 1. The number of likely N-dealkylation sites (tertiary alicyclic amines) is 2. The van der Waals surface area contributed by atoms with Gasteiger partial charge in [-0.2, -0.15) is 0 Å². The van der Waals surface area contributed by atoms with Gasteiger partial charge in [0.1, 0.15) is 0 Å². The molecule has 3 fully saturated rings. The average molecular weight is 359 g/mol. The number of carbonyl (C=O) groups excluding carboxylic acids is 1. The van der Waals surface area contributed by atoms with Crippen molar-refractivity contribution in [2.75, 3.05) is 53.0 Å². The van der Waals surface area contributed by atoms with Gasteiger partial charge in [-0.15, -0.1) is 0 Å². The molecule has 1 spiro atoms. The van der Waals surface area contributed by atoms with Gasteiger partial charge in [0.05, 0.1) is 31.4 Å². The fourth-order valence-electron chi connectivity index (χ4n) is 4.85. The molecule has 6 heteroatoms. The van der Waals surface area contributed by atoms with Crippen molar-refractivity contribution in [2.45, 2.75) is 19.4 Å². The minimum atomic E-state index is 0.0723. The van der Waals surface area contributed by atoms with Gasteiger partial charge in [-0.1, -0.05) is 6.07 Å². The third-order valence-corrected chi connectivity index (χ3v) is 6.25. The number of carbonyl (C=O) groups is 1. The normalized spacial score (nSPS) is 32.0. The Morgan fingerprint density at radius 3 is 3.12 bits per heavy atom. The number of amides is 1. The average Bonchev–Trinajstić information content (AvgIpc) is 3.37. The Kier molecular flexibility index (Phi) is 5.25. The third kappa shape index (κ3) is 3.63. The van der Waals surface area contributed by atoms with Crippen LogP contribution in [0.1, 0.15) is 18.5 Å². The Hall–Kier alpha value is -1.50. The standard InChI is InChI=1S/C20H29N3O3/c1-22-10-17(12-26-13-18-4-2-3-7-21-18)20(14-22)6-8-23(15-20)19(24)16-5-9-25-11-16/h2-4,7,16-17H,5-6,8-15H2,1H3/t16?,17-,20-/m1/s1. The topological polar surface area (TPSA) is 54.9 Å². The Balaban J connectivity index is 1.35. The van der Waals surface area contributed by atoms with Crippen LogP contribution in [0.25, 0.3) is 0 Å². The van der Waals surface area contributed by atoms with E-state index < -0.39 is 0 Å². The molecule has 3 aliphatic rings. The van der Waals surface area contributed by atoms with Gasteiger partial charge in [-0.05, 0) is 32.0 Å². The van der Waals surface area contributed by atoms with Crippen LogP contribution in [0.2, 0.25) is 0 Å². The minimum absolute atomic E-state index is 0.0723. The molecule has 0 aliphatic carbocycles. The van der Waals surface area contributed by atoms with Gasteiger partial charge >= 0.3 is 0 Å². The first-order valence-corrected chi connectivity index (χ1v) is 9.69. The van der Waals surface area contributed by atoms with E-state index in [0.29, 0.717) is 25.0 Å². The quantitative estimate of drug-likeness (QED) is 0.796. The molecule has 1 aromatic heterocycles. The maximum absolute atomic E-state index is 12.8. The summed E-state index contributed by atoms with van der Waals surface area (Å²) in [5.74, 6) is 0.832. The molecule has 26 heavy (non-hydrogen) atoms. The summed E-state index contributed by atoms with van der Waals surface area (Å²) in [4.78, 5) is 21.6. The van der Waals surface area contributed by atoms with Crippen LogP contribution in [0.15, 0.2) is 24.4 Å². The van der Waals surface area contributed by atoms with Gasteiger partial charge in [-0.25, -0.2) is 0 Å². The summed E-state index contributed by atoms with van der Waals surface area (Å²) in [6.45, 7) is 6.44. The summed E-state index contributed by atoms with van der Waals surface area (Å²) >= 11 is 0. The Morgan fingerprint density at radius 1 is 1.42 bits per heavy atom. The van der Waals surface area contributed by atoms with E-state index in [1.165, 1.54) is 0 Å². The molecular formula is C20H29N3O3. The number of aromatic nitrogens is 1. The van der Waals surface area contributed by atoms with Gasteiger partial charge in [0.15, 0.2) is 0 Å². The van der Waals surface area contributed by atoms with Gasteiger partial charge < -0.3 is 19.3 Å². The van der Waals surface area contributed by atoms with Crippen LogP contribution in [0.5, 0.6) is 0 Å². The molecule has 0 N–H and O–H groups in total. The number of nitrogens with zero attached hydrogens (tertiary/aromatic N) is 3. The summed E-state index contributed by atoms with van der Waals surface area (Å²) < 4.78 is 11.4. The predicted octanol–water partition coefficient (Wildman–Crippen LogP) is 1.42. The molecule has 3 aliphatic heterocycles. The molecule has 0 aromatic carbocycles. The third-order valence-electron chi connectivity index (χ3n) is 6.25. The zero-order valence-electron chi connectivity index (χ0n) is 15.6. The first-order chi connectivity index (χ1) is 12.7. The Labute approximate surface area is 155 Å². The molecule has 4 heterocycles. The summed E-state index contributed by atoms with van der Waals surface area (Å²) in [6.07, 6.45) is 3.75. The van der Waals surface area contributed by atoms with Crippen molar-refractivity contribution in [3.05, 3.63) is 30.1 Å². The second-order valence-corrected chi connectivity index (χ2v) is 8.16. The van der Waals surface area contributed by atoms with Gasteiger partial charge in [0.25, 0.3) is 0 Å². The fourth-order valence-corrected chi connectivity index (χ4v) is 4.85. The van der Waals surface area contributed by atoms with Crippen LogP contribution < -0.4 is 0 Å². The van der Waals surface area contributed by atoms with Crippen molar-refractivity contribution in [1.82, 2.24) is 14.8 Å².